The van der Waals surface area contributed by atoms with E-state index in [1.807, 2.05) is 22.9 Å². The Kier molecular flexibility index (Phi) is 2.55. The van der Waals surface area contributed by atoms with Crippen molar-refractivity contribution in [1.29, 1.82) is 0 Å². The van der Waals surface area contributed by atoms with Crippen LogP contribution in [-0.4, -0.2) is 9.38 Å². The molecule has 1 radical (unpaired) electrons. The SMILES string of the molecule is Fc1[c-]c2c(cc1)ccn1ccnc21.[Ir]. The van der Waals surface area contributed by atoms with E-state index in [1.165, 1.54) is 6.07 Å². The molecule has 15 heavy (non-hydrogen) atoms. The summed E-state index contributed by atoms with van der Waals surface area (Å²) in [7, 11) is 0. The van der Waals surface area contributed by atoms with Crippen LogP contribution in [0.5, 0.6) is 0 Å². The molecule has 0 saturated carbocycles. The molecule has 0 bridgehead atoms. The standard InChI is InChI=1S/C11H6FN2.Ir/c12-9-2-1-8-3-5-14-6-4-13-11(14)10(8)7-9;/h1-6H;/q-1;. The second kappa shape index (κ2) is 3.72. The Bertz CT molecular complexity index is 618. The molecule has 0 saturated heterocycles. The predicted molar refractivity (Wildman–Crippen MR) is 51.5 cm³/mol. The maximum Gasteiger partial charge on any atom is 0.0604 e. The minimum atomic E-state index is -0.353. The molecule has 0 aliphatic carbocycles. The van der Waals surface area contributed by atoms with Crippen LogP contribution in [0.3, 0.4) is 0 Å². The number of hydrogen-bond acceptors (Lipinski definition) is 1. The zero-order chi connectivity index (χ0) is 9.54. The van der Waals surface area contributed by atoms with Crippen molar-refractivity contribution in [3.8, 4) is 0 Å². The average molecular weight is 377 g/mol. The van der Waals surface area contributed by atoms with Crippen molar-refractivity contribution in [2.24, 2.45) is 0 Å². The molecule has 2 nitrogen and oxygen atoms in total. The zero-order valence-electron chi connectivity index (χ0n) is 7.57. The van der Waals surface area contributed by atoms with Crippen LogP contribution in [0.2, 0.25) is 0 Å². The number of hydrogen-bond donors (Lipinski definition) is 0. The number of halogens is 1. The molecule has 0 atom stereocenters. The van der Waals surface area contributed by atoms with Crippen molar-refractivity contribution in [2.45, 2.75) is 0 Å². The van der Waals surface area contributed by atoms with Crippen molar-refractivity contribution in [2.75, 3.05) is 0 Å². The van der Waals surface area contributed by atoms with Gasteiger partial charge in [0.05, 0.1) is 5.65 Å². The topological polar surface area (TPSA) is 17.3 Å². The Morgan fingerprint density at radius 1 is 1.20 bits per heavy atom. The maximum absolute atomic E-state index is 13.0. The first-order chi connectivity index (χ1) is 6.84. The van der Waals surface area contributed by atoms with Crippen LogP contribution in [0.15, 0.2) is 36.8 Å². The Hall–Kier alpha value is -1.25. The fourth-order valence-corrected chi connectivity index (χ4v) is 1.59. The fraction of sp³-hybridized carbons (Fsp3) is 0. The van der Waals surface area contributed by atoms with E-state index in [4.69, 9.17) is 0 Å². The van der Waals surface area contributed by atoms with Crippen LogP contribution in [0.25, 0.3) is 16.4 Å². The summed E-state index contributed by atoms with van der Waals surface area (Å²) in [6, 6.07) is 7.72. The van der Waals surface area contributed by atoms with E-state index < -0.39 is 0 Å². The third kappa shape index (κ3) is 1.56. The van der Waals surface area contributed by atoms with Gasteiger partial charge in [-0.25, -0.2) is 4.39 Å². The third-order valence-corrected chi connectivity index (χ3v) is 2.25. The molecule has 0 amide bonds. The van der Waals surface area contributed by atoms with Crippen molar-refractivity contribution >= 4 is 16.4 Å². The minimum absolute atomic E-state index is 0. The Morgan fingerprint density at radius 3 is 2.93 bits per heavy atom. The van der Waals surface area contributed by atoms with E-state index in [-0.39, 0.29) is 25.9 Å². The van der Waals surface area contributed by atoms with Crippen LogP contribution in [0.4, 0.5) is 4.39 Å². The molecular formula is C11H6FIrN2-. The Balaban J connectivity index is 0.000000853. The van der Waals surface area contributed by atoms with Gasteiger partial charge >= 0.3 is 0 Å². The van der Waals surface area contributed by atoms with Gasteiger partial charge in [-0.1, -0.05) is 11.5 Å². The number of imidazole rings is 1. The molecule has 0 aliphatic heterocycles. The molecule has 3 aromatic rings. The Morgan fingerprint density at radius 2 is 2.07 bits per heavy atom. The molecule has 0 spiro atoms. The number of fused-ring (bicyclic) bond motifs is 3. The molecule has 0 aliphatic rings. The minimum Gasteiger partial charge on any atom is -0.347 e. The van der Waals surface area contributed by atoms with E-state index in [0.717, 1.165) is 16.4 Å². The number of nitrogens with zero attached hydrogens (tertiary/aromatic N) is 2. The van der Waals surface area contributed by atoms with Crippen LogP contribution in [0.1, 0.15) is 0 Å². The summed E-state index contributed by atoms with van der Waals surface area (Å²) in [5.74, 6) is -0.353. The van der Waals surface area contributed by atoms with Crippen molar-refractivity contribution < 1.29 is 24.5 Å². The number of rotatable bonds is 0. The zero-order valence-corrected chi connectivity index (χ0v) is 9.96. The second-order valence-corrected chi connectivity index (χ2v) is 3.11. The summed E-state index contributed by atoms with van der Waals surface area (Å²) in [5.41, 5.74) is 0.738. The van der Waals surface area contributed by atoms with E-state index >= 15 is 0 Å². The van der Waals surface area contributed by atoms with Crippen LogP contribution in [-0.2, 0) is 20.1 Å². The predicted octanol–water partition coefficient (Wildman–Crippen LogP) is 2.42. The van der Waals surface area contributed by atoms with Crippen LogP contribution < -0.4 is 0 Å². The maximum atomic E-state index is 13.0. The number of pyridine rings is 1. The molecule has 2 aromatic heterocycles. The summed E-state index contributed by atoms with van der Waals surface area (Å²) in [5, 5.41) is 1.67. The summed E-state index contributed by atoms with van der Waals surface area (Å²) < 4.78 is 14.8. The van der Waals surface area contributed by atoms with Gasteiger partial charge in [-0.15, -0.1) is 23.6 Å². The summed E-state index contributed by atoms with van der Waals surface area (Å²) in [6.07, 6.45) is 5.41. The van der Waals surface area contributed by atoms with Crippen molar-refractivity contribution in [3.05, 3.63) is 48.7 Å². The number of aromatic nitrogens is 2. The van der Waals surface area contributed by atoms with Gasteiger partial charge in [0.15, 0.2) is 0 Å². The van der Waals surface area contributed by atoms with Gasteiger partial charge in [-0.2, -0.15) is 0 Å². The van der Waals surface area contributed by atoms with Crippen molar-refractivity contribution in [1.82, 2.24) is 9.38 Å². The molecule has 0 N–H and O–H groups in total. The normalized spacial score (nSPS) is 10.5. The van der Waals surface area contributed by atoms with Crippen molar-refractivity contribution in [3.63, 3.8) is 0 Å². The van der Waals surface area contributed by atoms with E-state index in [0.29, 0.717) is 0 Å². The molecule has 4 heteroatoms. The van der Waals surface area contributed by atoms with E-state index in [9.17, 15) is 4.39 Å². The van der Waals surface area contributed by atoms with Gasteiger partial charge in [-0.05, 0) is 6.20 Å². The third-order valence-electron chi connectivity index (χ3n) is 2.25. The molecule has 0 fully saturated rings. The molecular weight excluding hydrogens is 371 g/mol. The molecule has 0 unspecified atom stereocenters. The first-order valence-electron chi connectivity index (χ1n) is 4.28. The van der Waals surface area contributed by atoms with Gasteiger partial charge in [0.25, 0.3) is 0 Å². The van der Waals surface area contributed by atoms with Gasteiger partial charge in [0.1, 0.15) is 0 Å². The molecule has 77 valence electrons. The first-order valence-corrected chi connectivity index (χ1v) is 4.28. The van der Waals surface area contributed by atoms with Crippen LogP contribution in [0, 0.1) is 11.9 Å². The summed E-state index contributed by atoms with van der Waals surface area (Å²) in [4.78, 5) is 4.15. The second-order valence-electron chi connectivity index (χ2n) is 3.11. The summed E-state index contributed by atoms with van der Waals surface area (Å²) in [6.45, 7) is 0. The summed E-state index contributed by atoms with van der Waals surface area (Å²) >= 11 is 0. The molecule has 1 aromatic carbocycles. The van der Waals surface area contributed by atoms with E-state index in [2.05, 4.69) is 11.1 Å². The van der Waals surface area contributed by atoms with Gasteiger partial charge < -0.3 is 4.40 Å². The number of benzene rings is 1. The van der Waals surface area contributed by atoms with Gasteiger partial charge in [0, 0.05) is 38.3 Å². The monoisotopic (exact) mass is 378 g/mol. The van der Waals surface area contributed by atoms with Crippen LogP contribution >= 0.6 is 0 Å². The smallest absolute Gasteiger partial charge is 0.0604 e. The fourth-order valence-electron chi connectivity index (χ4n) is 1.59. The first kappa shape index (κ1) is 10.3. The average Bonchev–Trinajstić information content (AvgIpc) is 2.65. The quantitative estimate of drug-likeness (QED) is 0.550. The molecule has 3 rings (SSSR count). The Labute approximate surface area is 99.1 Å². The van der Waals surface area contributed by atoms with E-state index in [1.54, 1.807) is 12.3 Å². The molecule has 2 heterocycles. The van der Waals surface area contributed by atoms with Gasteiger partial charge in [-0.3, -0.25) is 4.98 Å². The van der Waals surface area contributed by atoms with Gasteiger partial charge in [0.2, 0.25) is 0 Å². The largest absolute Gasteiger partial charge is 0.347 e.